The molecule has 1 aromatic rings. The quantitative estimate of drug-likeness (QED) is 0.829. The van der Waals surface area contributed by atoms with E-state index in [1.165, 1.54) is 6.42 Å². The van der Waals surface area contributed by atoms with Crippen molar-refractivity contribution < 1.29 is 4.74 Å². The zero-order chi connectivity index (χ0) is 15.1. The fraction of sp³-hybridized carbons (Fsp3) is 0.786. The van der Waals surface area contributed by atoms with Gasteiger partial charge >= 0.3 is 6.01 Å². The molecule has 7 heteroatoms. The van der Waals surface area contributed by atoms with Crippen LogP contribution in [0.5, 0.6) is 6.01 Å². The molecule has 0 bridgehead atoms. The number of ether oxygens (including phenoxy) is 1. The van der Waals surface area contributed by atoms with Gasteiger partial charge in [0, 0.05) is 30.6 Å². The fourth-order valence-electron chi connectivity index (χ4n) is 2.13. The number of rotatable bonds is 7. The highest BCUT2D eigenvalue weighted by Gasteiger charge is 2.22. The molecular weight excluding hydrogens is 286 g/mol. The molecule has 1 fully saturated rings. The van der Waals surface area contributed by atoms with Gasteiger partial charge in [-0.05, 0) is 19.8 Å². The van der Waals surface area contributed by atoms with Crippen LogP contribution in [0.15, 0.2) is 0 Å². The zero-order valence-electron chi connectivity index (χ0n) is 13.1. The van der Waals surface area contributed by atoms with Crippen LogP contribution in [0.3, 0.4) is 0 Å². The van der Waals surface area contributed by atoms with Crippen LogP contribution >= 0.6 is 11.8 Å². The van der Waals surface area contributed by atoms with Gasteiger partial charge in [0.2, 0.25) is 11.9 Å². The Bertz CT molecular complexity index is 445. The first-order valence-electron chi connectivity index (χ1n) is 7.76. The molecule has 1 saturated heterocycles. The van der Waals surface area contributed by atoms with E-state index in [1.54, 1.807) is 0 Å². The number of thioether (sulfide) groups is 1. The Balaban J connectivity index is 2.17. The van der Waals surface area contributed by atoms with Crippen LogP contribution in [-0.4, -0.2) is 52.2 Å². The summed E-state index contributed by atoms with van der Waals surface area (Å²) in [6.45, 7) is 9.70. The van der Waals surface area contributed by atoms with Gasteiger partial charge in [-0.3, -0.25) is 0 Å². The van der Waals surface area contributed by atoms with Gasteiger partial charge in [-0.15, -0.1) is 0 Å². The summed E-state index contributed by atoms with van der Waals surface area (Å²) in [5.41, 5.74) is 0. The van der Waals surface area contributed by atoms with Crippen LogP contribution in [-0.2, 0) is 0 Å². The summed E-state index contributed by atoms with van der Waals surface area (Å²) in [6, 6.07) is 0.420. The van der Waals surface area contributed by atoms with E-state index in [1.807, 2.05) is 18.7 Å². The topological polar surface area (TPSA) is 63.2 Å². The molecule has 1 atom stereocenters. The molecule has 1 aliphatic heterocycles. The van der Waals surface area contributed by atoms with Gasteiger partial charge < -0.3 is 15.0 Å². The SMILES string of the molecule is CCCOc1nc(NCC)nc(N2CCSC(CC)C2)n1. The van der Waals surface area contributed by atoms with Crippen molar-refractivity contribution in [2.24, 2.45) is 0 Å². The molecule has 0 radical (unpaired) electrons. The zero-order valence-corrected chi connectivity index (χ0v) is 13.9. The van der Waals surface area contributed by atoms with Gasteiger partial charge in [0.25, 0.3) is 0 Å². The summed E-state index contributed by atoms with van der Waals surface area (Å²) in [5.74, 6) is 2.44. The minimum atomic E-state index is 0.420. The Labute approximate surface area is 131 Å². The molecule has 2 heterocycles. The first kappa shape index (κ1) is 16.1. The van der Waals surface area contributed by atoms with Gasteiger partial charge in [0.15, 0.2) is 0 Å². The third kappa shape index (κ3) is 4.62. The van der Waals surface area contributed by atoms with Crippen molar-refractivity contribution in [3.8, 4) is 6.01 Å². The summed E-state index contributed by atoms with van der Waals surface area (Å²) < 4.78 is 5.59. The minimum absolute atomic E-state index is 0.420. The van der Waals surface area contributed by atoms with Crippen molar-refractivity contribution in [2.45, 2.75) is 38.9 Å². The molecule has 118 valence electrons. The fourth-order valence-corrected chi connectivity index (χ4v) is 3.31. The minimum Gasteiger partial charge on any atom is -0.463 e. The number of anilines is 2. The van der Waals surface area contributed by atoms with Gasteiger partial charge in [0.1, 0.15) is 0 Å². The second kappa shape index (κ2) is 8.26. The Morgan fingerprint density at radius 1 is 1.29 bits per heavy atom. The number of hydrogen-bond acceptors (Lipinski definition) is 7. The van der Waals surface area contributed by atoms with Crippen molar-refractivity contribution in [1.29, 1.82) is 0 Å². The Hall–Kier alpha value is -1.24. The summed E-state index contributed by atoms with van der Waals surface area (Å²) in [5, 5.41) is 3.81. The van der Waals surface area contributed by atoms with Gasteiger partial charge in [0.05, 0.1) is 6.61 Å². The van der Waals surface area contributed by atoms with E-state index in [2.05, 4.69) is 39.0 Å². The maximum Gasteiger partial charge on any atom is 0.323 e. The molecule has 1 unspecified atom stereocenters. The van der Waals surface area contributed by atoms with Crippen molar-refractivity contribution in [2.75, 3.05) is 42.2 Å². The van der Waals surface area contributed by atoms with Crippen molar-refractivity contribution in [3.63, 3.8) is 0 Å². The Morgan fingerprint density at radius 2 is 2.14 bits per heavy atom. The summed E-state index contributed by atoms with van der Waals surface area (Å²) in [4.78, 5) is 15.6. The van der Waals surface area contributed by atoms with Gasteiger partial charge in [-0.1, -0.05) is 13.8 Å². The van der Waals surface area contributed by atoms with E-state index in [9.17, 15) is 0 Å². The van der Waals surface area contributed by atoms with E-state index < -0.39 is 0 Å². The number of nitrogens with one attached hydrogen (secondary N) is 1. The predicted molar refractivity (Wildman–Crippen MR) is 88.5 cm³/mol. The molecule has 6 nitrogen and oxygen atoms in total. The average Bonchev–Trinajstić information content (AvgIpc) is 2.53. The summed E-state index contributed by atoms with van der Waals surface area (Å²) in [7, 11) is 0. The van der Waals surface area contributed by atoms with Crippen LogP contribution < -0.4 is 15.0 Å². The standard InChI is InChI=1S/C14H25N5OS/c1-4-8-20-14-17-12(15-6-3)16-13(18-14)19-7-9-21-11(5-2)10-19/h11H,4-10H2,1-3H3,(H,15,16,17,18). The lowest BCUT2D eigenvalue weighted by Crippen LogP contribution is -2.38. The lowest BCUT2D eigenvalue weighted by atomic mass is 10.3. The van der Waals surface area contributed by atoms with Crippen LogP contribution in [0.2, 0.25) is 0 Å². The smallest absolute Gasteiger partial charge is 0.323 e. The van der Waals surface area contributed by atoms with Crippen LogP contribution in [0, 0.1) is 0 Å². The molecule has 0 amide bonds. The highest BCUT2D eigenvalue weighted by atomic mass is 32.2. The lowest BCUT2D eigenvalue weighted by molar-refractivity contribution is 0.292. The normalized spacial score (nSPS) is 18.6. The van der Waals surface area contributed by atoms with E-state index in [4.69, 9.17) is 4.74 Å². The summed E-state index contributed by atoms with van der Waals surface area (Å²) >= 11 is 2.03. The molecule has 0 saturated carbocycles. The molecule has 1 aromatic heterocycles. The van der Waals surface area contributed by atoms with Gasteiger partial charge in [-0.25, -0.2) is 0 Å². The molecule has 2 rings (SSSR count). The number of aromatic nitrogens is 3. The molecule has 1 aliphatic rings. The molecule has 1 N–H and O–H groups in total. The van der Waals surface area contributed by atoms with E-state index in [0.29, 0.717) is 23.8 Å². The highest BCUT2D eigenvalue weighted by Crippen LogP contribution is 2.25. The lowest BCUT2D eigenvalue weighted by Gasteiger charge is -2.32. The monoisotopic (exact) mass is 311 g/mol. The Kier molecular flexibility index (Phi) is 6.35. The Morgan fingerprint density at radius 3 is 2.86 bits per heavy atom. The molecule has 0 aliphatic carbocycles. The van der Waals surface area contributed by atoms with Crippen LogP contribution in [0.4, 0.5) is 11.9 Å². The van der Waals surface area contributed by atoms with Crippen molar-refractivity contribution in [3.05, 3.63) is 0 Å². The average molecular weight is 311 g/mol. The van der Waals surface area contributed by atoms with Crippen LogP contribution in [0.25, 0.3) is 0 Å². The molecular formula is C14H25N5OS. The maximum atomic E-state index is 5.59. The van der Waals surface area contributed by atoms with Crippen LogP contribution in [0.1, 0.15) is 33.6 Å². The summed E-state index contributed by atoms with van der Waals surface area (Å²) in [6.07, 6.45) is 2.11. The predicted octanol–water partition coefficient (Wildman–Crippen LogP) is 2.42. The second-order valence-corrected chi connectivity index (χ2v) is 6.38. The van der Waals surface area contributed by atoms with Gasteiger partial charge in [-0.2, -0.15) is 26.7 Å². The molecule has 21 heavy (non-hydrogen) atoms. The first-order chi connectivity index (χ1) is 10.3. The van der Waals surface area contributed by atoms with Crippen molar-refractivity contribution in [1.82, 2.24) is 15.0 Å². The molecule has 0 aromatic carbocycles. The van der Waals surface area contributed by atoms with E-state index >= 15 is 0 Å². The number of nitrogens with zero attached hydrogens (tertiary/aromatic N) is 4. The van der Waals surface area contributed by atoms with E-state index in [0.717, 1.165) is 37.8 Å². The third-order valence-electron chi connectivity index (χ3n) is 3.25. The largest absolute Gasteiger partial charge is 0.463 e. The number of hydrogen-bond donors (Lipinski definition) is 1. The first-order valence-corrected chi connectivity index (χ1v) is 8.81. The second-order valence-electron chi connectivity index (χ2n) is 4.97. The molecule has 0 spiro atoms. The maximum absolute atomic E-state index is 5.59. The van der Waals surface area contributed by atoms with E-state index in [-0.39, 0.29) is 0 Å². The highest BCUT2D eigenvalue weighted by molar-refractivity contribution is 8.00. The van der Waals surface area contributed by atoms with Crippen molar-refractivity contribution >= 4 is 23.7 Å². The third-order valence-corrected chi connectivity index (χ3v) is 4.62.